The zero-order chi connectivity index (χ0) is 22.8. The minimum Gasteiger partial charge on any atom is -0.312 e. The fourth-order valence-electron chi connectivity index (χ4n) is 4.28. The highest BCUT2D eigenvalue weighted by atomic mass is 35.5. The van der Waals surface area contributed by atoms with Crippen LogP contribution in [0.4, 0.5) is 10.8 Å². The molecule has 0 N–H and O–H groups in total. The number of para-hydroxylation sites is 1. The molecule has 2 aromatic carbocycles. The van der Waals surface area contributed by atoms with E-state index in [-0.39, 0.29) is 36.6 Å². The number of halogens is 1. The van der Waals surface area contributed by atoms with Crippen LogP contribution in [0.25, 0.3) is 10.2 Å². The third kappa shape index (κ3) is 5.54. The first-order valence-corrected chi connectivity index (χ1v) is 11.8. The molecule has 1 aromatic heterocycles. The van der Waals surface area contributed by atoms with E-state index in [4.69, 9.17) is 4.98 Å². The monoisotopic (exact) mass is 486 g/mol. The van der Waals surface area contributed by atoms with E-state index in [9.17, 15) is 9.59 Å². The Morgan fingerprint density at radius 1 is 1.15 bits per heavy atom. The molecule has 1 atom stereocenters. The molecule has 1 fully saturated rings. The minimum absolute atomic E-state index is 0. The van der Waals surface area contributed by atoms with Crippen LogP contribution in [0.5, 0.6) is 0 Å². The fraction of sp³-hybridized carbons (Fsp3) is 0.400. The van der Waals surface area contributed by atoms with Crippen LogP contribution < -0.4 is 9.80 Å². The van der Waals surface area contributed by atoms with Crippen molar-refractivity contribution in [2.24, 2.45) is 5.92 Å². The Hall–Kier alpha value is -2.48. The lowest BCUT2D eigenvalue weighted by molar-refractivity contribution is -0.124. The molecular formula is C25H31ClN4O2S. The Morgan fingerprint density at radius 3 is 2.58 bits per heavy atom. The molecule has 33 heavy (non-hydrogen) atoms. The highest BCUT2D eigenvalue weighted by Crippen LogP contribution is 2.34. The van der Waals surface area contributed by atoms with Crippen molar-refractivity contribution < 1.29 is 9.59 Å². The Kier molecular flexibility index (Phi) is 8.10. The largest absolute Gasteiger partial charge is 0.312 e. The van der Waals surface area contributed by atoms with Gasteiger partial charge in [-0.3, -0.25) is 14.5 Å². The van der Waals surface area contributed by atoms with E-state index in [2.05, 4.69) is 30.9 Å². The standard InChI is InChI=1S/C25H30N4O2S.ClH/c1-17-13-18(2)23-21(14-17)26-25(32-23)28(12-8-11-27(3)4)24(31)19-15-22(30)29(16-19)20-9-6-5-7-10-20;/h5-7,9-10,13-14,19H,8,11-12,15-16H2,1-4H3;1H. The lowest BCUT2D eigenvalue weighted by Crippen LogP contribution is -2.39. The number of carbonyl (C=O) groups is 2. The van der Waals surface area contributed by atoms with Gasteiger partial charge in [0.25, 0.3) is 0 Å². The molecule has 176 valence electrons. The molecule has 1 saturated heterocycles. The number of thiazole rings is 1. The van der Waals surface area contributed by atoms with Crippen molar-refractivity contribution in [2.45, 2.75) is 26.7 Å². The van der Waals surface area contributed by atoms with Gasteiger partial charge in [-0.1, -0.05) is 35.6 Å². The highest BCUT2D eigenvalue weighted by Gasteiger charge is 2.38. The van der Waals surface area contributed by atoms with Crippen molar-refractivity contribution in [1.29, 1.82) is 0 Å². The predicted octanol–water partition coefficient (Wildman–Crippen LogP) is 4.67. The first-order valence-electron chi connectivity index (χ1n) is 11.0. The summed E-state index contributed by atoms with van der Waals surface area (Å²) < 4.78 is 1.12. The van der Waals surface area contributed by atoms with Gasteiger partial charge < -0.3 is 9.80 Å². The van der Waals surface area contributed by atoms with Gasteiger partial charge in [0.2, 0.25) is 11.8 Å². The molecule has 2 heterocycles. The van der Waals surface area contributed by atoms with Gasteiger partial charge in [-0.15, -0.1) is 12.4 Å². The van der Waals surface area contributed by atoms with Gasteiger partial charge in [0.05, 0.1) is 16.1 Å². The Balaban J connectivity index is 0.00000306. The number of anilines is 2. The second-order valence-electron chi connectivity index (χ2n) is 8.81. The summed E-state index contributed by atoms with van der Waals surface area (Å²) in [5.74, 6) is -0.376. The van der Waals surface area contributed by atoms with E-state index in [0.717, 1.165) is 39.6 Å². The molecule has 4 rings (SSSR count). The van der Waals surface area contributed by atoms with Crippen molar-refractivity contribution in [3.63, 3.8) is 0 Å². The number of rotatable bonds is 7. The summed E-state index contributed by atoms with van der Waals surface area (Å²) in [7, 11) is 4.06. The molecule has 0 saturated carbocycles. The normalized spacial score (nSPS) is 15.8. The van der Waals surface area contributed by atoms with Crippen LogP contribution >= 0.6 is 23.7 Å². The summed E-state index contributed by atoms with van der Waals surface area (Å²) >= 11 is 1.57. The van der Waals surface area contributed by atoms with E-state index in [0.29, 0.717) is 13.1 Å². The fourth-order valence-corrected chi connectivity index (χ4v) is 5.32. The molecule has 3 aromatic rings. The van der Waals surface area contributed by atoms with Gasteiger partial charge in [-0.2, -0.15) is 0 Å². The Morgan fingerprint density at radius 2 is 1.88 bits per heavy atom. The van der Waals surface area contributed by atoms with E-state index in [1.54, 1.807) is 16.2 Å². The maximum absolute atomic E-state index is 13.7. The van der Waals surface area contributed by atoms with Gasteiger partial charge in [0, 0.05) is 25.2 Å². The lowest BCUT2D eigenvalue weighted by Gasteiger charge is -2.24. The average molecular weight is 487 g/mol. The molecule has 0 aliphatic carbocycles. The van der Waals surface area contributed by atoms with Gasteiger partial charge in [0.1, 0.15) is 0 Å². The molecule has 1 aliphatic rings. The first kappa shape index (κ1) is 25.1. The number of hydrogen-bond donors (Lipinski definition) is 0. The summed E-state index contributed by atoms with van der Waals surface area (Å²) in [5.41, 5.74) is 4.12. The topological polar surface area (TPSA) is 56.8 Å². The molecule has 1 unspecified atom stereocenters. The van der Waals surface area contributed by atoms with Crippen molar-refractivity contribution >= 4 is 56.6 Å². The second kappa shape index (κ2) is 10.6. The Bertz CT molecular complexity index is 1130. The van der Waals surface area contributed by atoms with E-state index < -0.39 is 0 Å². The number of benzene rings is 2. The average Bonchev–Trinajstić information content (AvgIpc) is 3.35. The molecule has 8 heteroatoms. The maximum atomic E-state index is 13.7. The van der Waals surface area contributed by atoms with Gasteiger partial charge >= 0.3 is 0 Å². The molecule has 6 nitrogen and oxygen atoms in total. The zero-order valence-electron chi connectivity index (χ0n) is 19.6. The lowest BCUT2D eigenvalue weighted by atomic mass is 10.1. The number of aromatic nitrogens is 1. The predicted molar refractivity (Wildman–Crippen MR) is 139 cm³/mol. The molecule has 0 spiro atoms. The highest BCUT2D eigenvalue weighted by molar-refractivity contribution is 7.22. The SMILES string of the molecule is Cc1cc(C)c2sc(N(CCCN(C)C)C(=O)C3CC(=O)N(c4ccccc4)C3)nc2c1.Cl. The van der Waals surface area contributed by atoms with Gasteiger partial charge in [-0.05, 0) is 70.2 Å². The molecule has 2 amide bonds. The number of aryl methyl sites for hydroxylation is 2. The second-order valence-corrected chi connectivity index (χ2v) is 9.79. The minimum atomic E-state index is -0.364. The van der Waals surface area contributed by atoms with Gasteiger partial charge in [0.15, 0.2) is 5.13 Å². The summed E-state index contributed by atoms with van der Waals surface area (Å²) in [6.07, 6.45) is 1.08. The third-order valence-electron chi connectivity index (χ3n) is 5.83. The Labute approximate surface area is 205 Å². The quantitative estimate of drug-likeness (QED) is 0.487. The van der Waals surface area contributed by atoms with Crippen molar-refractivity contribution in [3.05, 3.63) is 53.6 Å². The number of amides is 2. The summed E-state index contributed by atoms with van der Waals surface area (Å²) in [5, 5.41) is 0.725. The number of fused-ring (bicyclic) bond motifs is 1. The third-order valence-corrected chi connectivity index (χ3v) is 7.06. The van der Waals surface area contributed by atoms with E-state index in [1.165, 1.54) is 5.56 Å². The van der Waals surface area contributed by atoms with Crippen molar-refractivity contribution in [3.8, 4) is 0 Å². The molecule has 1 aliphatic heterocycles. The van der Waals surface area contributed by atoms with Crippen LogP contribution in [0.15, 0.2) is 42.5 Å². The van der Waals surface area contributed by atoms with Crippen molar-refractivity contribution in [2.75, 3.05) is 43.5 Å². The summed E-state index contributed by atoms with van der Waals surface area (Å²) in [4.78, 5) is 36.9. The molecular weight excluding hydrogens is 456 g/mol. The number of nitrogens with zero attached hydrogens (tertiary/aromatic N) is 4. The van der Waals surface area contributed by atoms with E-state index in [1.807, 2.05) is 49.3 Å². The van der Waals surface area contributed by atoms with Crippen LogP contribution in [0.3, 0.4) is 0 Å². The smallest absolute Gasteiger partial charge is 0.234 e. The van der Waals surface area contributed by atoms with Crippen LogP contribution in [-0.2, 0) is 9.59 Å². The van der Waals surface area contributed by atoms with E-state index >= 15 is 0 Å². The van der Waals surface area contributed by atoms with Crippen LogP contribution in [0.1, 0.15) is 24.0 Å². The molecule has 0 radical (unpaired) electrons. The number of hydrogen-bond acceptors (Lipinski definition) is 5. The van der Waals surface area contributed by atoms with Crippen LogP contribution in [-0.4, -0.2) is 55.4 Å². The van der Waals surface area contributed by atoms with Crippen LogP contribution in [0.2, 0.25) is 0 Å². The first-order chi connectivity index (χ1) is 15.3. The molecule has 0 bridgehead atoms. The van der Waals surface area contributed by atoms with Crippen LogP contribution in [0, 0.1) is 19.8 Å². The van der Waals surface area contributed by atoms with Gasteiger partial charge in [-0.25, -0.2) is 4.98 Å². The summed E-state index contributed by atoms with van der Waals surface area (Å²) in [6.45, 7) is 6.03. The maximum Gasteiger partial charge on any atom is 0.234 e. The summed E-state index contributed by atoms with van der Waals surface area (Å²) in [6, 6.07) is 13.8. The van der Waals surface area contributed by atoms with Crippen molar-refractivity contribution in [1.82, 2.24) is 9.88 Å². The zero-order valence-corrected chi connectivity index (χ0v) is 21.2. The number of carbonyl (C=O) groups excluding carboxylic acids is 2.